The lowest BCUT2D eigenvalue weighted by atomic mass is 10.1. The summed E-state index contributed by atoms with van der Waals surface area (Å²) in [7, 11) is 0. The van der Waals surface area contributed by atoms with E-state index in [9.17, 15) is 0 Å². The fourth-order valence-corrected chi connectivity index (χ4v) is 3.80. The average Bonchev–Trinajstić information content (AvgIpc) is 2.92. The van der Waals surface area contributed by atoms with Crippen molar-refractivity contribution in [3.63, 3.8) is 0 Å². The van der Waals surface area contributed by atoms with Gasteiger partial charge in [0.05, 0.1) is 18.4 Å². The number of ether oxygens (including phenoxy) is 1. The van der Waals surface area contributed by atoms with E-state index >= 15 is 0 Å². The normalized spacial score (nSPS) is 19.5. The van der Waals surface area contributed by atoms with Crippen LogP contribution in [0.5, 0.6) is 0 Å². The van der Waals surface area contributed by atoms with E-state index in [1.807, 2.05) is 11.3 Å². The summed E-state index contributed by atoms with van der Waals surface area (Å²) < 4.78 is 5.77. The van der Waals surface area contributed by atoms with Gasteiger partial charge in [0.15, 0.2) is 5.13 Å². The van der Waals surface area contributed by atoms with Gasteiger partial charge in [0.1, 0.15) is 0 Å². The molecule has 1 N–H and O–H groups in total. The third kappa shape index (κ3) is 4.41. The van der Waals surface area contributed by atoms with E-state index < -0.39 is 0 Å². The molecule has 0 amide bonds. The second-order valence-corrected chi connectivity index (χ2v) is 7.05. The summed E-state index contributed by atoms with van der Waals surface area (Å²) in [6.45, 7) is 13.6. The molecule has 5 heteroatoms. The number of nitrogens with zero attached hydrogens (tertiary/aromatic N) is 2. The first kappa shape index (κ1) is 16.7. The van der Waals surface area contributed by atoms with Gasteiger partial charge in [0, 0.05) is 24.5 Å². The lowest BCUT2D eigenvalue weighted by Crippen LogP contribution is -2.42. The molecule has 1 saturated heterocycles. The summed E-state index contributed by atoms with van der Waals surface area (Å²) in [5.74, 6) is 0.483. The molecule has 1 fully saturated rings. The molecule has 0 saturated carbocycles. The van der Waals surface area contributed by atoms with Gasteiger partial charge < -0.3 is 15.0 Å². The maximum atomic E-state index is 5.77. The largest absolute Gasteiger partial charge is 0.375 e. The Labute approximate surface area is 132 Å². The van der Waals surface area contributed by atoms with E-state index in [2.05, 4.69) is 37.9 Å². The maximum Gasteiger partial charge on any atom is 0.186 e. The van der Waals surface area contributed by atoms with Crippen molar-refractivity contribution in [3.05, 3.63) is 10.6 Å². The topological polar surface area (TPSA) is 37.4 Å². The summed E-state index contributed by atoms with van der Waals surface area (Å²) >= 11 is 1.85. The lowest BCUT2D eigenvalue weighted by Gasteiger charge is -2.32. The third-order valence-electron chi connectivity index (χ3n) is 3.84. The first-order chi connectivity index (χ1) is 10.2. The number of anilines is 1. The molecule has 0 radical (unpaired) electrons. The monoisotopic (exact) mass is 311 g/mol. The lowest BCUT2D eigenvalue weighted by molar-refractivity contribution is 0.0384. The minimum atomic E-state index is 0.354. The molecule has 0 bridgehead atoms. The van der Waals surface area contributed by atoms with E-state index in [1.54, 1.807) is 0 Å². The van der Waals surface area contributed by atoms with Crippen molar-refractivity contribution in [2.45, 2.75) is 59.1 Å². The van der Waals surface area contributed by atoms with Crippen LogP contribution in [-0.2, 0) is 11.3 Å². The Morgan fingerprint density at radius 2 is 2.24 bits per heavy atom. The SMILES string of the molecule is CCCNCc1sc(N2CCOC(CC)C2)nc1C(C)C. The van der Waals surface area contributed by atoms with Crippen molar-refractivity contribution >= 4 is 16.5 Å². The van der Waals surface area contributed by atoms with Crippen LogP contribution in [0.3, 0.4) is 0 Å². The molecule has 0 aromatic carbocycles. The molecule has 1 unspecified atom stereocenters. The summed E-state index contributed by atoms with van der Waals surface area (Å²) in [6, 6.07) is 0. The van der Waals surface area contributed by atoms with E-state index in [0.717, 1.165) is 39.2 Å². The molecule has 2 rings (SSSR count). The van der Waals surface area contributed by atoms with Crippen LogP contribution in [-0.4, -0.2) is 37.3 Å². The standard InChI is InChI=1S/C16H29N3OS/c1-5-7-17-10-14-15(12(3)4)18-16(21-14)19-8-9-20-13(6-2)11-19/h12-13,17H,5-11H2,1-4H3. The van der Waals surface area contributed by atoms with E-state index in [-0.39, 0.29) is 0 Å². The van der Waals surface area contributed by atoms with Crippen molar-refractivity contribution in [1.29, 1.82) is 0 Å². The van der Waals surface area contributed by atoms with Gasteiger partial charge in [-0.1, -0.05) is 27.7 Å². The maximum absolute atomic E-state index is 5.77. The van der Waals surface area contributed by atoms with Gasteiger partial charge in [-0.05, 0) is 25.3 Å². The molecule has 2 heterocycles. The Kier molecular flexibility index (Phi) is 6.45. The highest BCUT2D eigenvalue weighted by Gasteiger charge is 2.23. The molecule has 1 aromatic rings. The average molecular weight is 311 g/mol. The number of aromatic nitrogens is 1. The van der Waals surface area contributed by atoms with Crippen molar-refractivity contribution < 1.29 is 4.74 Å². The number of nitrogens with one attached hydrogen (secondary N) is 1. The smallest absolute Gasteiger partial charge is 0.186 e. The van der Waals surface area contributed by atoms with Gasteiger partial charge >= 0.3 is 0 Å². The molecule has 4 nitrogen and oxygen atoms in total. The summed E-state index contributed by atoms with van der Waals surface area (Å²) in [5.41, 5.74) is 1.26. The van der Waals surface area contributed by atoms with Crippen molar-refractivity contribution in [2.75, 3.05) is 31.1 Å². The van der Waals surface area contributed by atoms with Crippen LogP contribution in [0, 0.1) is 0 Å². The van der Waals surface area contributed by atoms with Crippen LogP contribution in [0.2, 0.25) is 0 Å². The van der Waals surface area contributed by atoms with E-state index in [4.69, 9.17) is 9.72 Å². The zero-order valence-corrected chi connectivity index (χ0v) is 14.6. The first-order valence-electron chi connectivity index (χ1n) is 8.22. The molecule has 1 aromatic heterocycles. The highest BCUT2D eigenvalue weighted by Crippen LogP contribution is 2.31. The predicted octanol–water partition coefficient (Wildman–Crippen LogP) is 3.38. The fourth-order valence-electron chi connectivity index (χ4n) is 2.58. The number of rotatable bonds is 7. The van der Waals surface area contributed by atoms with Crippen molar-refractivity contribution in [2.24, 2.45) is 0 Å². The second kappa shape index (κ2) is 8.11. The van der Waals surface area contributed by atoms with Crippen LogP contribution in [0.1, 0.15) is 57.0 Å². The zero-order chi connectivity index (χ0) is 15.2. The van der Waals surface area contributed by atoms with E-state index in [0.29, 0.717) is 12.0 Å². The number of thiazole rings is 1. The quantitative estimate of drug-likeness (QED) is 0.783. The first-order valence-corrected chi connectivity index (χ1v) is 9.04. The minimum absolute atomic E-state index is 0.354. The Morgan fingerprint density at radius 1 is 1.43 bits per heavy atom. The van der Waals surface area contributed by atoms with Gasteiger partial charge in [-0.25, -0.2) is 4.98 Å². The number of morpholine rings is 1. The van der Waals surface area contributed by atoms with Gasteiger partial charge in [-0.3, -0.25) is 0 Å². The van der Waals surface area contributed by atoms with Gasteiger partial charge in [-0.15, -0.1) is 11.3 Å². The van der Waals surface area contributed by atoms with Crippen LogP contribution in [0.4, 0.5) is 5.13 Å². The van der Waals surface area contributed by atoms with Crippen LogP contribution < -0.4 is 10.2 Å². The molecule has 1 aliphatic heterocycles. The molecule has 1 aliphatic rings. The molecule has 21 heavy (non-hydrogen) atoms. The highest BCUT2D eigenvalue weighted by molar-refractivity contribution is 7.15. The Morgan fingerprint density at radius 3 is 2.90 bits per heavy atom. The number of hydrogen-bond acceptors (Lipinski definition) is 5. The van der Waals surface area contributed by atoms with Crippen LogP contribution >= 0.6 is 11.3 Å². The van der Waals surface area contributed by atoms with Crippen LogP contribution in [0.25, 0.3) is 0 Å². The van der Waals surface area contributed by atoms with Gasteiger partial charge in [0.2, 0.25) is 0 Å². The summed E-state index contributed by atoms with van der Waals surface area (Å²) in [6.07, 6.45) is 2.60. The van der Waals surface area contributed by atoms with Gasteiger partial charge in [-0.2, -0.15) is 0 Å². The Balaban J connectivity index is 2.10. The van der Waals surface area contributed by atoms with E-state index in [1.165, 1.54) is 22.1 Å². The molecular weight excluding hydrogens is 282 g/mol. The number of hydrogen-bond donors (Lipinski definition) is 1. The summed E-state index contributed by atoms with van der Waals surface area (Å²) in [4.78, 5) is 8.73. The highest BCUT2D eigenvalue weighted by atomic mass is 32.1. The Hall–Kier alpha value is -0.650. The molecule has 0 aliphatic carbocycles. The van der Waals surface area contributed by atoms with Crippen molar-refractivity contribution in [1.82, 2.24) is 10.3 Å². The molecular formula is C16H29N3OS. The molecule has 120 valence electrons. The molecule has 0 spiro atoms. The summed E-state index contributed by atoms with van der Waals surface area (Å²) in [5, 5.41) is 4.68. The Bertz CT molecular complexity index is 433. The predicted molar refractivity (Wildman–Crippen MR) is 90.4 cm³/mol. The van der Waals surface area contributed by atoms with Crippen LogP contribution in [0.15, 0.2) is 0 Å². The molecule has 1 atom stereocenters. The minimum Gasteiger partial charge on any atom is -0.375 e. The zero-order valence-electron chi connectivity index (χ0n) is 13.8. The third-order valence-corrected chi connectivity index (χ3v) is 4.97. The fraction of sp³-hybridized carbons (Fsp3) is 0.812. The van der Waals surface area contributed by atoms with Crippen molar-refractivity contribution in [3.8, 4) is 0 Å². The van der Waals surface area contributed by atoms with Gasteiger partial charge in [0.25, 0.3) is 0 Å². The second-order valence-electron chi connectivity index (χ2n) is 5.98.